The molecule has 2 heterocycles. The highest BCUT2D eigenvalue weighted by molar-refractivity contribution is 8.00. The van der Waals surface area contributed by atoms with E-state index in [2.05, 4.69) is 15.6 Å². The van der Waals surface area contributed by atoms with Crippen LogP contribution in [0.1, 0.15) is 33.5 Å². The maximum atomic E-state index is 13.2. The van der Waals surface area contributed by atoms with Gasteiger partial charge in [-0.1, -0.05) is 42.5 Å². The van der Waals surface area contributed by atoms with Crippen LogP contribution in [0, 0.1) is 13.8 Å². The normalized spacial score (nSPS) is 15.0. The number of amides is 4. The predicted molar refractivity (Wildman–Crippen MR) is 164 cm³/mol. The molecule has 9 heteroatoms. The number of aryl methyl sites for hydroxylation is 2. The van der Waals surface area contributed by atoms with Crippen molar-refractivity contribution in [2.45, 2.75) is 30.4 Å². The topological polar surface area (TPSA) is 108 Å². The van der Waals surface area contributed by atoms with Gasteiger partial charge in [0, 0.05) is 35.0 Å². The van der Waals surface area contributed by atoms with E-state index in [0.717, 1.165) is 16.0 Å². The van der Waals surface area contributed by atoms with Crippen molar-refractivity contribution >= 4 is 52.8 Å². The minimum atomic E-state index is -0.542. The molecule has 1 aliphatic rings. The first kappa shape index (κ1) is 28.5. The summed E-state index contributed by atoms with van der Waals surface area (Å²) < 4.78 is 0. The van der Waals surface area contributed by atoms with Crippen molar-refractivity contribution in [3.8, 4) is 0 Å². The summed E-state index contributed by atoms with van der Waals surface area (Å²) in [7, 11) is 0. The van der Waals surface area contributed by atoms with Crippen LogP contribution in [-0.2, 0) is 14.4 Å². The summed E-state index contributed by atoms with van der Waals surface area (Å²) in [4.78, 5) is 58.3. The zero-order chi connectivity index (χ0) is 29.6. The first-order valence-electron chi connectivity index (χ1n) is 13.3. The Kier molecular flexibility index (Phi) is 8.59. The average molecular weight is 577 g/mol. The van der Waals surface area contributed by atoms with Crippen LogP contribution in [0.5, 0.6) is 0 Å². The predicted octanol–water partition coefficient (Wildman–Crippen LogP) is 5.53. The summed E-state index contributed by atoms with van der Waals surface area (Å²) in [6.45, 7) is 3.78. The van der Waals surface area contributed by atoms with Gasteiger partial charge in [-0.25, -0.2) is 4.90 Å². The Labute approximate surface area is 247 Å². The smallest absolute Gasteiger partial charge is 0.272 e. The number of anilines is 2. The third-order valence-corrected chi connectivity index (χ3v) is 7.88. The molecule has 0 radical (unpaired) electrons. The van der Waals surface area contributed by atoms with Crippen molar-refractivity contribution < 1.29 is 19.2 Å². The molecule has 0 aliphatic carbocycles. The molecule has 1 aliphatic heterocycles. The largest absolute Gasteiger partial charge is 0.321 e. The second kappa shape index (κ2) is 12.7. The number of aromatic nitrogens is 1. The Morgan fingerprint density at radius 1 is 0.905 bits per heavy atom. The monoisotopic (exact) mass is 576 g/mol. The van der Waals surface area contributed by atoms with E-state index in [0.29, 0.717) is 22.5 Å². The number of rotatable bonds is 8. The fourth-order valence-corrected chi connectivity index (χ4v) is 5.69. The molecule has 3 aromatic carbocycles. The number of hydrogen-bond acceptors (Lipinski definition) is 6. The maximum Gasteiger partial charge on any atom is 0.272 e. The molecule has 8 nitrogen and oxygen atoms in total. The number of hydrogen-bond donors (Lipinski definition) is 2. The molecule has 1 atom stereocenters. The molecule has 4 amide bonds. The van der Waals surface area contributed by atoms with Crippen LogP contribution in [0.15, 0.2) is 108 Å². The minimum Gasteiger partial charge on any atom is -0.321 e. The van der Waals surface area contributed by atoms with E-state index in [1.807, 2.05) is 32.0 Å². The third kappa shape index (κ3) is 6.47. The van der Waals surface area contributed by atoms with Gasteiger partial charge in [0.05, 0.1) is 10.9 Å². The Balaban J connectivity index is 1.28. The number of nitrogens with one attached hydrogen (secondary N) is 2. The average Bonchev–Trinajstić information content (AvgIpc) is 3.26. The summed E-state index contributed by atoms with van der Waals surface area (Å²) in [6.07, 6.45) is 4.87. The number of pyridine rings is 1. The molecular weight excluding hydrogens is 548 g/mol. The molecule has 0 bridgehead atoms. The van der Waals surface area contributed by atoms with Gasteiger partial charge in [-0.15, -0.1) is 11.8 Å². The number of imide groups is 1. The molecular formula is C33H28N4O4S. The lowest BCUT2D eigenvalue weighted by Crippen LogP contribution is -2.32. The van der Waals surface area contributed by atoms with Crippen molar-refractivity contribution in [2.75, 3.05) is 10.2 Å². The maximum absolute atomic E-state index is 13.2. The summed E-state index contributed by atoms with van der Waals surface area (Å²) in [5.41, 5.74) is 4.02. The van der Waals surface area contributed by atoms with Crippen LogP contribution in [0.25, 0.3) is 6.08 Å². The number of para-hydroxylation sites is 1. The van der Waals surface area contributed by atoms with E-state index in [4.69, 9.17) is 0 Å². The zero-order valence-corrected chi connectivity index (χ0v) is 23.9. The van der Waals surface area contributed by atoms with E-state index in [1.54, 1.807) is 85.2 Å². The first-order valence-corrected chi connectivity index (χ1v) is 14.2. The molecule has 0 spiro atoms. The lowest BCUT2D eigenvalue weighted by atomic mass is 10.1. The summed E-state index contributed by atoms with van der Waals surface area (Å²) in [6, 6.07) is 24.8. The fraction of sp³-hybridized carbons (Fsp3) is 0.121. The number of nitrogens with zero attached hydrogens (tertiary/aromatic N) is 2. The molecule has 42 heavy (non-hydrogen) atoms. The van der Waals surface area contributed by atoms with Crippen LogP contribution in [0.2, 0.25) is 0 Å². The van der Waals surface area contributed by atoms with Gasteiger partial charge in [0.1, 0.15) is 5.70 Å². The lowest BCUT2D eigenvalue weighted by molar-refractivity contribution is -0.121. The number of carbonyl (C=O) groups is 4. The van der Waals surface area contributed by atoms with Crippen molar-refractivity contribution in [3.63, 3.8) is 0 Å². The van der Waals surface area contributed by atoms with Gasteiger partial charge in [0.15, 0.2) is 0 Å². The van der Waals surface area contributed by atoms with Crippen molar-refractivity contribution in [1.82, 2.24) is 10.3 Å². The first-order chi connectivity index (χ1) is 20.3. The quantitative estimate of drug-likeness (QED) is 0.211. The molecule has 1 unspecified atom stereocenters. The minimum absolute atomic E-state index is 0.0527. The van der Waals surface area contributed by atoms with Crippen LogP contribution in [0.4, 0.5) is 11.4 Å². The Morgan fingerprint density at radius 2 is 1.62 bits per heavy atom. The van der Waals surface area contributed by atoms with Crippen molar-refractivity contribution in [2.24, 2.45) is 0 Å². The van der Waals surface area contributed by atoms with Gasteiger partial charge in [0.25, 0.3) is 11.8 Å². The molecule has 0 saturated carbocycles. The van der Waals surface area contributed by atoms with Crippen LogP contribution < -0.4 is 15.5 Å². The molecule has 2 N–H and O–H groups in total. The number of benzene rings is 3. The van der Waals surface area contributed by atoms with Gasteiger partial charge in [-0.3, -0.25) is 24.2 Å². The van der Waals surface area contributed by atoms with Crippen LogP contribution in [-0.4, -0.2) is 33.9 Å². The summed E-state index contributed by atoms with van der Waals surface area (Å²) in [5.74, 6) is -1.38. The fourth-order valence-electron chi connectivity index (χ4n) is 4.64. The van der Waals surface area contributed by atoms with Gasteiger partial charge < -0.3 is 10.6 Å². The van der Waals surface area contributed by atoms with Crippen molar-refractivity contribution in [3.05, 3.63) is 125 Å². The van der Waals surface area contributed by atoms with E-state index < -0.39 is 17.1 Å². The van der Waals surface area contributed by atoms with Gasteiger partial charge in [-0.2, -0.15) is 0 Å². The number of thioether (sulfide) groups is 1. The third-order valence-electron chi connectivity index (χ3n) is 6.68. The second-order valence-corrected chi connectivity index (χ2v) is 11.0. The lowest BCUT2D eigenvalue weighted by Gasteiger charge is -2.19. The Hall–Kier alpha value is -5.02. The van der Waals surface area contributed by atoms with Gasteiger partial charge in [0.2, 0.25) is 11.8 Å². The van der Waals surface area contributed by atoms with Crippen LogP contribution in [0.3, 0.4) is 0 Å². The molecule has 1 fully saturated rings. The number of carbonyl (C=O) groups excluding carboxylic acids is 4. The molecule has 210 valence electrons. The Morgan fingerprint density at radius 3 is 2.29 bits per heavy atom. The van der Waals surface area contributed by atoms with Gasteiger partial charge >= 0.3 is 0 Å². The van der Waals surface area contributed by atoms with Gasteiger partial charge in [-0.05, 0) is 79.1 Å². The second-order valence-electron chi connectivity index (χ2n) is 9.76. The van der Waals surface area contributed by atoms with E-state index in [9.17, 15) is 19.2 Å². The standard InChI is InChI=1S/C33H28N4O4S/c1-21-8-6-9-22(2)30(21)37-29(38)19-28(33(37)41)42-26-15-13-25(14-16-26)35-32(40)27(18-23-10-7-17-34-20-23)36-31(39)24-11-4-3-5-12-24/h3-18,20,28H,19H2,1-2H3,(H,35,40)(H,36,39)/b27-18-. The molecule has 4 aromatic rings. The summed E-state index contributed by atoms with van der Waals surface area (Å²) >= 11 is 1.31. The Bertz CT molecular complexity index is 1650. The zero-order valence-electron chi connectivity index (χ0n) is 23.0. The molecule has 5 rings (SSSR count). The van der Waals surface area contributed by atoms with Crippen molar-refractivity contribution in [1.29, 1.82) is 0 Å². The molecule has 1 aromatic heterocycles. The van der Waals surface area contributed by atoms with Crippen LogP contribution >= 0.6 is 11.8 Å². The highest BCUT2D eigenvalue weighted by Crippen LogP contribution is 2.36. The van der Waals surface area contributed by atoms with E-state index in [1.165, 1.54) is 16.7 Å². The molecule has 1 saturated heterocycles. The summed E-state index contributed by atoms with van der Waals surface area (Å²) in [5, 5.41) is 4.97. The van der Waals surface area contributed by atoms with E-state index in [-0.39, 0.29) is 23.9 Å². The van der Waals surface area contributed by atoms with E-state index >= 15 is 0 Å². The highest BCUT2D eigenvalue weighted by atomic mass is 32.2. The SMILES string of the molecule is Cc1cccc(C)c1N1C(=O)CC(Sc2ccc(NC(=O)/C(=C/c3cccnc3)NC(=O)c3ccccc3)cc2)C1=O. The highest BCUT2D eigenvalue weighted by Gasteiger charge is 2.41.